The monoisotopic (exact) mass is 457 g/mol. The number of hydrogen-bond acceptors (Lipinski definition) is 5. The van der Waals surface area contributed by atoms with Crippen LogP contribution in [0.3, 0.4) is 0 Å². The lowest BCUT2D eigenvalue weighted by Gasteiger charge is -2.38. The summed E-state index contributed by atoms with van der Waals surface area (Å²) >= 11 is 6.06. The predicted molar refractivity (Wildman–Crippen MR) is 120 cm³/mol. The first-order chi connectivity index (χ1) is 14.5. The number of allylic oxidation sites excluding steroid dienone is 3. The molecule has 1 aliphatic heterocycles. The molecule has 1 heterocycles. The summed E-state index contributed by atoms with van der Waals surface area (Å²) in [7, 11) is -4.03. The number of benzene rings is 2. The van der Waals surface area contributed by atoms with E-state index in [-0.39, 0.29) is 26.9 Å². The summed E-state index contributed by atoms with van der Waals surface area (Å²) in [4.78, 5) is 13.2. The third-order valence-electron chi connectivity index (χ3n) is 5.73. The second kappa shape index (κ2) is 7.53. The van der Waals surface area contributed by atoms with Gasteiger partial charge in [0.2, 0.25) is 15.7 Å². The van der Waals surface area contributed by atoms with Crippen molar-refractivity contribution < 1.29 is 17.9 Å². The van der Waals surface area contributed by atoms with Gasteiger partial charge in [-0.2, -0.15) is 0 Å². The van der Waals surface area contributed by atoms with E-state index in [1.54, 1.807) is 48.5 Å². The number of sulfone groups is 1. The van der Waals surface area contributed by atoms with E-state index < -0.39 is 15.8 Å². The Morgan fingerprint density at radius 2 is 1.65 bits per heavy atom. The Morgan fingerprint density at radius 3 is 2.26 bits per heavy atom. The molecule has 0 saturated carbocycles. The van der Waals surface area contributed by atoms with Gasteiger partial charge in [-0.25, -0.2) is 8.42 Å². The normalized spacial score (nSPS) is 21.0. The standard InChI is InChI=1S/C24H24ClNO4S/c1-14-4-10-17(11-5-14)31(28,29)22-20(15-6-8-16(25)9-7-15)21-18(27)12-24(2,3)13-19(21)30-23(22)26/h4-11,20H,12-13,26H2,1-3H3. The zero-order valence-electron chi connectivity index (χ0n) is 17.6. The van der Waals surface area contributed by atoms with E-state index in [4.69, 9.17) is 22.1 Å². The van der Waals surface area contributed by atoms with Gasteiger partial charge in [0.15, 0.2) is 5.78 Å². The lowest BCUT2D eigenvalue weighted by molar-refractivity contribution is -0.119. The van der Waals surface area contributed by atoms with Crippen LogP contribution in [0.25, 0.3) is 0 Å². The molecule has 31 heavy (non-hydrogen) atoms. The topological polar surface area (TPSA) is 86.5 Å². The molecule has 5 nitrogen and oxygen atoms in total. The molecule has 0 fully saturated rings. The molecule has 2 aromatic carbocycles. The van der Waals surface area contributed by atoms with E-state index in [2.05, 4.69) is 0 Å². The molecule has 0 spiro atoms. The number of carbonyl (C=O) groups is 1. The van der Waals surface area contributed by atoms with Gasteiger partial charge in [-0.1, -0.05) is 55.3 Å². The molecule has 1 unspecified atom stereocenters. The van der Waals surface area contributed by atoms with Gasteiger partial charge in [-0.05, 0) is 42.2 Å². The highest BCUT2D eigenvalue weighted by Crippen LogP contribution is 2.50. The lowest BCUT2D eigenvalue weighted by atomic mass is 9.72. The Labute approximate surface area is 187 Å². The molecular weight excluding hydrogens is 434 g/mol. The number of nitrogens with two attached hydrogens (primary N) is 1. The van der Waals surface area contributed by atoms with Crippen LogP contribution in [-0.4, -0.2) is 14.2 Å². The van der Waals surface area contributed by atoms with Crippen LogP contribution in [0.15, 0.2) is 75.5 Å². The summed E-state index contributed by atoms with van der Waals surface area (Å²) < 4.78 is 33.2. The van der Waals surface area contributed by atoms with Gasteiger partial charge >= 0.3 is 0 Å². The maximum Gasteiger partial charge on any atom is 0.208 e. The SMILES string of the molecule is Cc1ccc(S(=O)(=O)C2=C(N)OC3=C(C(=O)CC(C)(C)C3)C2c2ccc(Cl)cc2)cc1. The first-order valence-corrected chi connectivity index (χ1v) is 11.9. The van der Waals surface area contributed by atoms with E-state index in [9.17, 15) is 13.2 Å². The highest BCUT2D eigenvalue weighted by molar-refractivity contribution is 7.95. The average molecular weight is 458 g/mol. The lowest BCUT2D eigenvalue weighted by Crippen LogP contribution is -2.35. The van der Waals surface area contributed by atoms with Crippen molar-refractivity contribution in [3.8, 4) is 0 Å². The molecule has 2 aromatic rings. The largest absolute Gasteiger partial charge is 0.444 e. The van der Waals surface area contributed by atoms with Crippen LogP contribution in [0.4, 0.5) is 0 Å². The van der Waals surface area contributed by atoms with E-state index in [0.717, 1.165) is 5.56 Å². The van der Waals surface area contributed by atoms with Crippen molar-refractivity contribution in [2.24, 2.45) is 11.1 Å². The number of ether oxygens (including phenoxy) is 1. The summed E-state index contributed by atoms with van der Waals surface area (Å²) in [6.45, 7) is 5.84. The van der Waals surface area contributed by atoms with Crippen LogP contribution in [0, 0.1) is 12.3 Å². The van der Waals surface area contributed by atoms with Gasteiger partial charge in [0, 0.05) is 23.4 Å². The second-order valence-corrected chi connectivity index (χ2v) is 11.3. The summed E-state index contributed by atoms with van der Waals surface area (Å²) in [6, 6.07) is 13.3. The zero-order valence-corrected chi connectivity index (χ0v) is 19.2. The Morgan fingerprint density at radius 1 is 1.03 bits per heavy atom. The van der Waals surface area contributed by atoms with Gasteiger partial charge < -0.3 is 10.5 Å². The highest BCUT2D eigenvalue weighted by Gasteiger charge is 2.46. The molecule has 0 amide bonds. The number of Topliss-reactive ketones (excluding diaryl/α,β-unsaturated/α-hetero) is 1. The molecule has 1 atom stereocenters. The maximum absolute atomic E-state index is 13.7. The van der Waals surface area contributed by atoms with E-state index >= 15 is 0 Å². The number of halogens is 1. The Balaban J connectivity index is 1.94. The molecule has 2 aliphatic rings. The molecule has 162 valence electrons. The van der Waals surface area contributed by atoms with Crippen LogP contribution in [0.1, 0.15) is 43.7 Å². The van der Waals surface area contributed by atoms with Crippen molar-refractivity contribution in [1.82, 2.24) is 0 Å². The van der Waals surface area contributed by atoms with E-state index in [1.807, 2.05) is 20.8 Å². The van der Waals surface area contributed by atoms with Crippen LogP contribution in [0.2, 0.25) is 5.02 Å². The first-order valence-electron chi connectivity index (χ1n) is 10.0. The van der Waals surface area contributed by atoms with Gasteiger partial charge in [0.25, 0.3) is 0 Å². The third-order valence-corrected chi connectivity index (χ3v) is 7.89. The molecule has 0 saturated heterocycles. The maximum atomic E-state index is 13.7. The highest BCUT2D eigenvalue weighted by atomic mass is 35.5. The molecule has 0 bridgehead atoms. The van der Waals surface area contributed by atoms with Gasteiger partial charge in [0.1, 0.15) is 10.7 Å². The number of hydrogen-bond donors (Lipinski definition) is 1. The molecular formula is C24H24ClNO4S. The minimum atomic E-state index is -4.03. The quantitative estimate of drug-likeness (QED) is 0.700. The molecule has 7 heteroatoms. The summed E-state index contributed by atoms with van der Waals surface area (Å²) in [5.41, 5.74) is 7.86. The van der Waals surface area contributed by atoms with Crippen molar-refractivity contribution in [3.05, 3.63) is 86.8 Å². The predicted octanol–water partition coefficient (Wildman–Crippen LogP) is 5.01. The van der Waals surface area contributed by atoms with Crippen LogP contribution < -0.4 is 5.73 Å². The van der Waals surface area contributed by atoms with Crippen LogP contribution in [0.5, 0.6) is 0 Å². The van der Waals surface area contributed by atoms with Crippen molar-refractivity contribution in [2.45, 2.75) is 44.4 Å². The second-order valence-electron chi connectivity index (χ2n) is 8.91. The summed E-state index contributed by atoms with van der Waals surface area (Å²) in [5, 5.41) is 0.515. The van der Waals surface area contributed by atoms with Crippen LogP contribution >= 0.6 is 11.6 Å². The number of ketones is 1. The van der Waals surface area contributed by atoms with Crippen molar-refractivity contribution in [3.63, 3.8) is 0 Å². The van der Waals surface area contributed by atoms with Gasteiger partial charge in [-0.3, -0.25) is 4.79 Å². The molecule has 4 rings (SSSR count). The van der Waals surface area contributed by atoms with Gasteiger partial charge in [0.05, 0.1) is 10.8 Å². The molecule has 2 N–H and O–H groups in total. The number of rotatable bonds is 3. The Hall–Kier alpha value is -2.57. The fraction of sp³-hybridized carbons (Fsp3) is 0.292. The van der Waals surface area contributed by atoms with Crippen molar-refractivity contribution >= 4 is 27.2 Å². The summed E-state index contributed by atoms with van der Waals surface area (Å²) in [5.74, 6) is -0.724. The van der Waals surface area contributed by atoms with Crippen molar-refractivity contribution in [2.75, 3.05) is 0 Å². The minimum absolute atomic E-state index is 0.103. The smallest absolute Gasteiger partial charge is 0.208 e. The minimum Gasteiger partial charge on any atom is -0.444 e. The van der Waals surface area contributed by atoms with E-state index in [0.29, 0.717) is 34.8 Å². The molecule has 1 aliphatic carbocycles. The average Bonchev–Trinajstić information content (AvgIpc) is 2.66. The number of aryl methyl sites for hydroxylation is 1. The Bertz CT molecular complexity index is 1220. The van der Waals surface area contributed by atoms with Gasteiger partial charge in [-0.15, -0.1) is 0 Å². The molecule has 0 radical (unpaired) electrons. The first kappa shape index (κ1) is 21.7. The fourth-order valence-electron chi connectivity index (χ4n) is 4.25. The fourth-order valence-corrected chi connectivity index (χ4v) is 6.00. The zero-order chi connectivity index (χ0) is 22.6. The number of carbonyl (C=O) groups excluding carboxylic acids is 1. The Kier molecular flexibility index (Phi) is 5.26. The van der Waals surface area contributed by atoms with Crippen LogP contribution in [-0.2, 0) is 19.4 Å². The van der Waals surface area contributed by atoms with Crippen molar-refractivity contribution in [1.29, 1.82) is 0 Å². The molecule has 0 aromatic heterocycles. The third kappa shape index (κ3) is 3.90. The summed E-state index contributed by atoms with van der Waals surface area (Å²) in [6.07, 6.45) is 0.799. The van der Waals surface area contributed by atoms with E-state index in [1.165, 1.54) is 0 Å².